The lowest BCUT2D eigenvalue weighted by molar-refractivity contribution is 0.482. The van der Waals surface area contributed by atoms with Crippen molar-refractivity contribution in [3.05, 3.63) is 63.0 Å². The van der Waals surface area contributed by atoms with Crippen molar-refractivity contribution in [2.24, 2.45) is 0 Å². The molecule has 0 radical (unpaired) electrons. The van der Waals surface area contributed by atoms with Crippen molar-refractivity contribution < 1.29 is 4.74 Å². The second-order valence-corrected chi connectivity index (χ2v) is 4.78. The Morgan fingerprint density at radius 3 is 2.29 bits per heavy atom. The van der Waals surface area contributed by atoms with Crippen LogP contribution in [0.2, 0.25) is 0 Å². The maximum atomic E-state index is 6.87. The van der Waals surface area contributed by atoms with E-state index >= 15 is 0 Å². The van der Waals surface area contributed by atoms with Crippen molar-refractivity contribution in [3.8, 4) is 11.5 Å². The molecule has 0 aliphatic heterocycles. The molecule has 2 aromatic rings. The van der Waals surface area contributed by atoms with Crippen LogP contribution in [0.1, 0.15) is 5.56 Å². The second kappa shape index (κ2) is 5.19. The first-order chi connectivity index (χ1) is 8.19. The van der Waals surface area contributed by atoms with Gasteiger partial charge in [0.1, 0.15) is 11.5 Å². The molecule has 0 aromatic heterocycles. The average molecular weight is 335 g/mol. The molecule has 0 bridgehead atoms. The lowest BCUT2D eigenvalue weighted by Gasteiger charge is -2.07. The molecule has 84 valence electrons. The van der Waals surface area contributed by atoms with E-state index in [0.717, 1.165) is 11.5 Å². The first-order valence-electron chi connectivity index (χ1n) is 5.10. The van der Waals surface area contributed by atoms with Crippen molar-refractivity contribution in [2.45, 2.75) is 6.92 Å². The van der Waals surface area contributed by atoms with Crippen molar-refractivity contribution in [2.75, 3.05) is 0 Å². The second-order valence-electron chi connectivity index (χ2n) is 3.62. The van der Waals surface area contributed by atoms with Gasteiger partial charge in [-0.3, -0.25) is 0 Å². The summed E-state index contributed by atoms with van der Waals surface area (Å²) in [6, 6.07) is 13.1. The molecule has 0 saturated heterocycles. The summed E-state index contributed by atoms with van der Waals surface area (Å²) in [6.07, 6.45) is 0. The molecule has 0 aliphatic rings. The van der Waals surface area contributed by atoms with E-state index in [0.29, 0.717) is 5.69 Å². The number of ether oxygens (including phenoxy) is 1. The molecule has 0 amide bonds. The highest BCUT2D eigenvalue weighted by atomic mass is 127. The van der Waals surface area contributed by atoms with Crippen molar-refractivity contribution in [1.29, 1.82) is 0 Å². The Labute approximate surface area is 114 Å². The molecule has 0 unspecified atom stereocenters. The Hall–Kier alpha value is -1.54. The molecule has 2 nitrogen and oxygen atoms in total. The SMILES string of the molecule is [C-]#[N+]c1ccc(Oc2ccc(I)c(C)c2)cc1. The molecule has 0 atom stereocenters. The summed E-state index contributed by atoms with van der Waals surface area (Å²) in [4.78, 5) is 3.34. The normalized spacial score (nSPS) is 9.71. The molecule has 0 spiro atoms. The van der Waals surface area contributed by atoms with Gasteiger partial charge in [0.2, 0.25) is 0 Å². The van der Waals surface area contributed by atoms with Gasteiger partial charge in [0.25, 0.3) is 0 Å². The van der Waals surface area contributed by atoms with Crippen LogP contribution in [0, 0.1) is 17.1 Å². The number of halogens is 1. The fourth-order valence-electron chi connectivity index (χ4n) is 1.41. The third-order valence-electron chi connectivity index (χ3n) is 2.33. The van der Waals surface area contributed by atoms with E-state index in [-0.39, 0.29) is 0 Å². The van der Waals surface area contributed by atoms with Gasteiger partial charge in [-0.25, -0.2) is 4.85 Å². The highest BCUT2D eigenvalue weighted by Gasteiger charge is 2.00. The Bertz CT molecular complexity index is 570. The number of hydrogen-bond donors (Lipinski definition) is 0. The molecule has 2 aromatic carbocycles. The summed E-state index contributed by atoms with van der Waals surface area (Å²) in [5, 5.41) is 0. The fourth-order valence-corrected chi connectivity index (χ4v) is 1.74. The predicted octanol–water partition coefficient (Wildman–Crippen LogP) is 4.94. The minimum absolute atomic E-state index is 0.621. The van der Waals surface area contributed by atoms with E-state index in [9.17, 15) is 0 Å². The molecule has 2 rings (SSSR count). The summed E-state index contributed by atoms with van der Waals surface area (Å²) in [5.74, 6) is 1.57. The lowest BCUT2D eigenvalue weighted by Crippen LogP contribution is -1.86. The number of hydrogen-bond acceptors (Lipinski definition) is 1. The summed E-state index contributed by atoms with van der Waals surface area (Å²) in [5.41, 5.74) is 1.82. The molecule has 0 fully saturated rings. The van der Waals surface area contributed by atoms with Crippen LogP contribution >= 0.6 is 22.6 Å². The van der Waals surface area contributed by atoms with Crippen molar-refractivity contribution in [1.82, 2.24) is 0 Å². The zero-order valence-corrected chi connectivity index (χ0v) is 11.4. The third kappa shape index (κ3) is 2.98. The third-order valence-corrected chi connectivity index (χ3v) is 3.54. The van der Waals surface area contributed by atoms with Gasteiger partial charge in [0.15, 0.2) is 5.69 Å². The van der Waals surface area contributed by atoms with Gasteiger partial charge in [-0.1, -0.05) is 12.1 Å². The summed E-state index contributed by atoms with van der Waals surface area (Å²) >= 11 is 2.29. The maximum absolute atomic E-state index is 6.87. The van der Waals surface area contributed by atoms with Gasteiger partial charge < -0.3 is 4.74 Å². The summed E-state index contributed by atoms with van der Waals surface area (Å²) < 4.78 is 6.93. The maximum Gasteiger partial charge on any atom is 0.187 e. The van der Waals surface area contributed by atoms with Gasteiger partial charge in [-0.15, -0.1) is 0 Å². The molecule has 0 heterocycles. The van der Waals surface area contributed by atoms with Crippen LogP contribution in [-0.2, 0) is 0 Å². The standard InChI is InChI=1S/C14H10INO/c1-10-9-13(7-8-14(10)15)17-12-5-3-11(16-2)4-6-12/h3-9H,1H3. The lowest BCUT2D eigenvalue weighted by atomic mass is 10.2. The largest absolute Gasteiger partial charge is 0.457 e. The number of aryl methyl sites for hydroxylation is 1. The van der Waals surface area contributed by atoms with Crippen LogP contribution in [0.4, 0.5) is 5.69 Å². The highest BCUT2D eigenvalue weighted by molar-refractivity contribution is 14.1. The Kier molecular flexibility index (Phi) is 3.64. The highest BCUT2D eigenvalue weighted by Crippen LogP contribution is 2.26. The predicted molar refractivity (Wildman–Crippen MR) is 76.7 cm³/mol. The Balaban J connectivity index is 2.20. The van der Waals surface area contributed by atoms with Crippen molar-refractivity contribution >= 4 is 28.3 Å². The topological polar surface area (TPSA) is 13.6 Å². The van der Waals surface area contributed by atoms with Crippen LogP contribution in [0.25, 0.3) is 4.85 Å². The van der Waals surface area contributed by atoms with Crippen LogP contribution < -0.4 is 4.74 Å². The van der Waals surface area contributed by atoms with Crippen molar-refractivity contribution in [3.63, 3.8) is 0 Å². The zero-order valence-electron chi connectivity index (χ0n) is 9.27. The smallest absolute Gasteiger partial charge is 0.187 e. The number of nitrogens with zero attached hydrogens (tertiary/aromatic N) is 1. The molecule has 0 N–H and O–H groups in total. The monoisotopic (exact) mass is 335 g/mol. The van der Waals surface area contributed by atoms with E-state index < -0.39 is 0 Å². The van der Waals surface area contributed by atoms with Crippen LogP contribution in [-0.4, -0.2) is 0 Å². The number of rotatable bonds is 2. The Morgan fingerprint density at radius 2 is 1.71 bits per heavy atom. The minimum atomic E-state index is 0.621. The summed E-state index contributed by atoms with van der Waals surface area (Å²) in [6.45, 7) is 8.92. The first kappa shape index (κ1) is 11.9. The first-order valence-corrected chi connectivity index (χ1v) is 6.18. The van der Waals surface area contributed by atoms with Gasteiger partial charge in [0, 0.05) is 3.57 Å². The molecule has 0 saturated carbocycles. The molecule has 0 aliphatic carbocycles. The summed E-state index contributed by atoms with van der Waals surface area (Å²) in [7, 11) is 0. The van der Waals surface area contributed by atoms with Gasteiger partial charge in [-0.2, -0.15) is 0 Å². The van der Waals surface area contributed by atoms with Gasteiger partial charge in [-0.05, 0) is 65.4 Å². The molecular weight excluding hydrogens is 325 g/mol. The van der Waals surface area contributed by atoms with Crippen LogP contribution in [0.15, 0.2) is 42.5 Å². The number of benzene rings is 2. The van der Waals surface area contributed by atoms with E-state index in [1.54, 1.807) is 24.3 Å². The quantitative estimate of drug-likeness (QED) is 0.560. The van der Waals surface area contributed by atoms with E-state index in [1.165, 1.54) is 9.13 Å². The van der Waals surface area contributed by atoms with Crippen LogP contribution in [0.3, 0.4) is 0 Å². The van der Waals surface area contributed by atoms with E-state index in [4.69, 9.17) is 11.3 Å². The van der Waals surface area contributed by atoms with E-state index in [2.05, 4.69) is 34.4 Å². The molecular formula is C14H10INO. The fraction of sp³-hybridized carbons (Fsp3) is 0.0714. The molecule has 17 heavy (non-hydrogen) atoms. The molecule has 3 heteroatoms. The van der Waals surface area contributed by atoms with Gasteiger partial charge in [0.05, 0.1) is 6.57 Å². The average Bonchev–Trinajstić information content (AvgIpc) is 2.35. The zero-order chi connectivity index (χ0) is 12.3. The van der Waals surface area contributed by atoms with E-state index in [1.807, 2.05) is 18.2 Å². The Morgan fingerprint density at radius 1 is 1.06 bits per heavy atom. The van der Waals surface area contributed by atoms with Gasteiger partial charge >= 0.3 is 0 Å². The minimum Gasteiger partial charge on any atom is -0.457 e. The van der Waals surface area contributed by atoms with Crippen LogP contribution in [0.5, 0.6) is 11.5 Å².